The van der Waals surface area contributed by atoms with E-state index in [9.17, 15) is 14.4 Å². The maximum absolute atomic E-state index is 13.1. The van der Waals surface area contributed by atoms with Crippen LogP contribution in [0.2, 0.25) is 0 Å². The lowest BCUT2D eigenvalue weighted by atomic mass is 10.1. The molecule has 0 aliphatic heterocycles. The number of ketones is 1. The van der Waals surface area contributed by atoms with Crippen LogP contribution in [0.3, 0.4) is 0 Å². The van der Waals surface area contributed by atoms with Gasteiger partial charge in [-0.1, -0.05) is 0 Å². The number of hydrogen-bond donors (Lipinski definition) is 1. The number of hydrogen-bond acceptors (Lipinski definition) is 8. The normalized spacial score (nSPS) is 11.3. The van der Waals surface area contributed by atoms with Crippen molar-refractivity contribution in [2.45, 2.75) is 40.7 Å². The maximum atomic E-state index is 13.1. The van der Waals surface area contributed by atoms with Crippen LogP contribution in [0.4, 0.5) is 0 Å². The number of pyridine rings is 1. The molecule has 0 unspecified atom stereocenters. The van der Waals surface area contributed by atoms with Crippen LogP contribution in [-0.4, -0.2) is 50.7 Å². The summed E-state index contributed by atoms with van der Waals surface area (Å²) >= 11 is 0. The van der Waals surface area contributed by atoms with E-state index in [-0.39, 0.29) is 23.9 Å². The van der Waals surface area contributed by atoms with E-state index in [0.717, 1.165) is 0 Å². The van der Waals surface area contributed by atoms with Crippen molar-refractivity contribution in [2.24, 2.45) is 0 Å². The molecule has 0 aliphatic carbocycles. The summed E-state index contributed by atoms with van der Waals surface area (Å²) in [6.45, 7) is 8.65. The van der Waals surface area contributed by atoms with E-state index >= 15 is 0 Å². The first-order valence-electron chi connectivity index (χ1n) is 11.2. The van der Waals surface area contributed by atoms with E-state index < -0.39 is 24.3 Å². The molecule has 182 valence electrons. The molecule has 0 atom stereocenters. The highest BCUT2D eigenvalue weighted by molar-refractivity contribution is 6.06. The number of aryl methyl sites for hydroxylation is 1. The van der Waals surface area contributed by atoms with E-state index in [0.29, 0.717) is 39.3 Å². The van der Waals surface area contributed by atoms with Crippen molar-refractivity contribution >= 4 is 28.8 Å². The lowest BCUT2D eigenvalue weighted by Gasteiger charge is -2.10. The third-order valence-corrected chi connectivity index (χ3v) is 5.58. The van der Waals surface area contributed by atoms with E-state index in [1.807, 2.05) is 13.8 Å². The molecule has 4 heterocycles. The molecule has 0 saturated heterocycles. The molecule has 0 aliphatic rings. The third kappa shape index (κ3) is 4.46. The first-order chi connectivity index (χ1) is 16.7. The number of Topliss-reactive ketones (excluding diaryl/α,β-unsaturated/α-hetero) is 1. The topological polar surface area (TPSA) is 129 Å². The summed E-state index contributed by atoms with van der Waals surface area (Å²) in [7, 11) is 0. The molecular formula is C25H26N4O6. The van der Waals surface area contributed by atoms with Gasteiger partial charge >= 0.3 is 11.9 Å². The first kappa shape index (κ1) is 23.9. The Bertz CT molecular complexity index is 1410. The minimum Gasteiger partial charge on any atom is -0.463 e. The van der Waals surface area contributed by atoms with E-state index in [1.165, 1.54) is 6.26 Å². The van der Waals surface area contributed by atoms with Gasteiger partial charge in [0.05, 0.1) is 41.3 Å². The van der Waals surface area contributed by atoms with Crippen molar-refractivity contribution in [1.82, 2.24) is 19.7 Å². The molecule has 0 saturated carbocycles. The number of nitrogens with one attached hydrogen (secondary N) is 1. The van der Waals surface area contributed by atoms with Crippen molar-refractivity contribution in [3.63, 3.8) is 0 Å². The SMILES string of the molecule is CCOC(=O)c1c(C)[nH]c(C(=O)COC(=O)c2cc(-c3ccco3)nc3c2cnn3C(C)C)c1C. The number of aromatic nitrogens is 4. The fourth-order valence-electron chi connectivity index (χ4n) is 3.93. The van der Waals surface area contributed by atoms with E-state index in [1.54, 1.807) is 49.8 Å². The van der Waals surface area contributed by atoms with Gasteiger partial charge in [-0.3, -0.25) is 4.79 Å². The van der Waals surface area contributed by atoms with Gasteiger partial charge in [0, 0.05) is 11.7 Å². The summed E-state index contributed by atoms with van der Waals surface area (Å²) in [6.07, 6.45) is 3.07. The van der Waals surface area contributed by atoms with Crippen molar-refractivity contribution < 1.29 is 28.3 Å². The van der Waals surface area contributed by atoms with Gasteiger partial charge in [0.15, 0.2) is 18.0 Å². The predicted octanol–water partition coefficient (Wildman–Crippen LogP) is 4.43. The Morgan fingerprint density at radius 3 is 2.60 bits per heavy atom. The minimum atomic E-state index is -0.701. The molecule has 0 bridgehead atoms. The standard InChI is InChI=1S/C25H26N4O6/c1-6-33-25(32)21-14(4)22(27-15(21)5)19(30)12-35-24(31)16-10-18(20-8-7-9-34-20)28-23-17(16)11-26-29(23)13(2)3/h7-11,13,27H,6,12H2,1-5H3. The highest BCUT2D eigenvalue weighted by Crippen LogP contribution is 2.27. The highest BCUT2D eigenvalue weighted by Gasteiger charge is 2.25. The summed E-state index contributed by atoms with van der Waals surface area (Å²) in [5.74, 6) is -1.20. The molecule has 0 spiro atoms. The molecule has 1 N–H and O–H groups in total. The van der Waals surface area contributed by atoms with Crippen molar-refractivity contribution in [2.75, 3.05) is 13.2 Å². The fraction of sp³-hybridized carbons (Fsp3) is 0.320. The average molecular weight is 479 g/mol. The van der Waals surface area contributed by atoms with Gasteiger partial charge in [0.2, 0.25) is 5.78 Å². The van der Waals surface area contributed by atoms with Crippen LogP contribution >= 0.6 is 0 Å². The molecule has 0 fully saturated rings. The van der Waals surface area contributed by atoms with Gasteiger partial charge < -0.3 is 18.9 Å². The Balaban J connectivity index is 1.62. The predicted molar refractivity (Wildman–Crippen MR) is 126 cm³/mol. The smallest absolute Gasteiger partial charge is 0.340 e. The van der Waals surface area contributed by atoms with Crippen LogP contribution in [0.1, 0.15) is 69.3 Å². The Hall–Kier alpha value is -4.21. The van der Waals surface area contributed by atoms with E-state index in [2.05, 4.69) is 15.1 Å². The second-order valence-electron chi connectivity index (χ2n) is 8.30. The number of fused-ring (bicyclic) bond motifs is 1. The second-order valence-corrected chi connectivity index (χ2v) is 8.30. The van der Waals surface area contributed by atoms with Crippen LogP contribution in [0.5, 0.6) is 0 Å². The van der Waals surface area contributed by atoms with Crippen LogP contribution in [0, 0.1) is 13.8 Å². The zero-order valence-electron chi connectivity index (χ0n) is 20.2. The van der Waals surface area contributed by atoms with Gasteiger partial charge in [0.25, 0.3) is 0 Å². The summed E-state index contributed by atoms with van der Waals surface area (Å²) in [5.41, 5.74) is 2.62. The lowest BCUT2D eigenvalue weighted by Crippen LogP contribution is -2.16. The van der Waals surface area contributed by atoms with Crippen LogP contribution in [-0.2, 0) is 9.47 Å². The monoisotopic (exact) mass is 478 g/mol. The Kier molecular flexibility index (Phi) is 6.54. The number of H-pyrrole nitrogens is 1. The summed E-state index contributed by atoms with van der Waals surface area (Å²) in [4.78, 5) is 45.7. The van der Waals surface area contributed by atoms with Gasteiger partial charge in [-0.25, -0.2) is 19.3 Å². The Labute approximate surface area is 201 Å². The van der Waals surface area contributed by atoms with Crippen LogP contribution in [0.15, 0.2) is 35.1 Å². The summed E-state index contributed by atoms with van der Waals surface area (Å²) < 4.78 is 17.6. The number of rotatable bonds is 8. The van der Waals surface area contributed by atoms with Gasteiger partial charge in [-0.15, -0.1) is 0 Å². The number of esters is 2. The highest BCUT2D eigenvalue weighted by atomic mass is 16.5. The van der Waals surface area contributed by atoms with Crippen molar-refractivity contribution in [3.05, 3.63) is 58.7 Å². The van der Waals surface area contributed by atoms with E-state index in [4.69, 9.17) is 13.9 Å². The molecular weight excluding hydrogens is 452 g/mol. The minimum absolute atomic E-state index is 0.00462. The zero-order valence-corrected chi connectivity index (χ0v) is 20.2. The molecule has 0 radical (unpaired) electrons. The molecule has 10 nitrogen and oxygen atoms in total. The fourth-order valence-corrected chi connectivity index (χ4v) is 3.93. The Morgan fingerprint density at radius 1 is 1.17 bits per heavy atom. The molecule has 35 heavy (non-hydrogen) atoms. The number of ether oxygens (including phenoxy) is 2. The number of carbonyl (C=O) groups is 3. The molecule has 4 aromatic rings. The van der Waals surface area contributed by atoms with Crippen LogP contribution < -0.4 is 0 Å². The molecule has 4 aromatic heterocycles. The second kappa shape index (κ2) is 9.57. The van der Waals surface area contributed by atoms with Gasteiger partial charge in [-0.2, -0.15) is 5.10 Å². The number of aromatic amines is 1. The zero-order chi connectivity index (χ0) is 25.3. The van der Waals surface area contributed by atoms with Gasteiger partial charge in [-0.05, 0) is 58.4 Å². The number of carbonyl (C=O) groups excluding carboxylic acids is 3. The maximum Gasteiger partial charge on any atom is 0.340 e. The molecule has 0 aromatic carbocycles. The summed E-state index contributed by atoms with van der Waals surface area (Å²) in [6, 6.07) is 5.02. The van der Waals surface area contributed by atoms with Crippen molar-refractivity contribution in [3.8, 4) is 11.5 Å². The summed E-state index contributed by atoms with van der Waals surface area (Å²) in [5, 5.41) is 4.86. The molecule has 10 heteroatoms. The average Bonchev–Trinajstić information content (AvgIpc) is 3.55. The lowest BCUT2D eigenvalue weighted by molar-refractivity contribution is 0.0474. The Morgan fingerprint density at radius 2 is 1.94 bits per heavy atom. The largest absolute Gasteiger partial charge is 0.463 e. The third-order valence-electron chi connectivity index (χ3n) is 5.58. The number of nitrogens with zero attached hydrogens (tertiary/aromatic N) is 3. The van der Waals surface area contributed by atoms with Gasteiger partial charge in [0.1, 0.15) is 5.69 Å². The van der Waals surface area contributed by atoms with Crippen molar-refractivity contribution in [1.29, 1.82) is 0 Å². The molecule has 0 amide bonds. The molecule has 4 rings (SSSR count). The number of furan rings is 1. The van der Waals surface area contributed by atoms with Crippen LogP contribution in [0.25, 0.3) is 22.5 Å². The quantitative estimate of drug-likeness (QED) is 0.291. The first-order valence-corrected chi connectivity index (χ1v) is 11.2.